The van der Waals surface area contributed by atoms with Crippen LogP contribution in [0, 0.1) is 35.2 Å². The molecule has 2 unspecified atom stereocenters. The van der Waals surface area contributed by atoms with Gasteiger partial charge in [-0.2, -0.15) is 10.2 Å². The van der Waals surface area contributed by atoms with Gasteiger partial charge in [-0.15, -0.1) is 0 Å². The molecule has 2 aliphatic rings. The van der Waals surface area contributed by atoms with Gasteiger partial charge in [0.05, 0.1) is 88.4 Å². The topological polar surface area (TPSA) is 172 Å². The summed E-state index contributed by atoms with van der Waals surface area (Å²) in [4.78, 5) is 11.0. The first-order chi connectivity index (χ1) is 35.7. The molecular formula is C58H62N10O4S2. The molecule has 2 aliphatic heterocycles. The number of fused-ring (bicyclic) bond motifs is 6. The number of rotatable bonds is 10. The van der Waals surface area contributed by atoms with E-state index in [1.165, 1.54) is 23.6 Å². The van der Waals surface area contributed by atoms with Gasteiger partial charge >= 0.3 is 0 Å². The van der Waals surface area contributed by atoms with Gasteiger partial charge in [0.15, 0.2) is 0 Å². The molecule has 0 aliphatic carbocycles. The van der Waals surface area contributed by atoms with Gasteiger partial charge in [0.2, 0.25) is 0 Å². The molecule has 380 valence electrons. The van der Waals surface area contributed by atoms with Crippen LogP contribution in [0.5, 0.6) is 0 Å². The van der Waals surface area contributed by atoms with E-state index >= 15 is 0 Å². The highest BCUT2D eigenvalue weighted by Crippen LogP contribution is 2.44. The molecule has 0 spiro atoms. The second-order valence-corrected chi connectivity index (χ2v) is 24.5. The number of nitrogens with zero attached hydrogens (tertiary/aromatic N) is 8. The molecule has 4 aromatic carbocycles. The summed E-state index contributed by atoms with van der Waals surface area (Å²) in [5, 5.41) is 10.9. The highest BCUT2D eigenvalue weighted by Gasteiger charge is 2.33. The molecular weight excluding hydrogens is 965 g/mol. The SMILES string of the molecule is Cc1cnn(C)c1-c1cnc2c3ccc(S(C)(=N)=O)cc3n([C@H](c3ccccc3)C3CCOCC3)c2c1.Cc1cnn(C)c1-c1cnc2c3ccc(S(C)(=N)=O)cc3n([C@H](c3ccccc3)C3CCOCC3)c2c1. The molecule has 12 rings (SSSR count). The number of hydrogen-bond donors (Lipinski definition) is 2. The summed E-state index contributed by atoms with van der Waals surface area (Å²) in [5.41, 5.74) is 14.5. The molecule has 0 saturated carbocycles. The minimum Gasteiger partial charge on any atom is -0.381 e. The first-order valence-corrected chi connectivity index (χ1v) is 29.2. The van der Waals surface area contributed by atoms with E-state index in [1.807, 2.05) is 96.8 Å². The van der Waals surface area contributed by atoms with Gasteiger partial charge in [-0.25, -0.2) is 18.0 Å². The van der Waals surface area contributed by atoms with E-state index in [0.29, 0.717) is 21.6 Å². The molecule has 2 fully saturated rings. The minimum absolute atomic E-state index is 0.0451. The van der Waals surface area contributed by atoms with Crippen molar-refractivity contribution in [3.8, 4) is 22.5 Å². The maximum atomic E-state index is 12.8. The summed E-state index contributed by atoms with van der Waals surface area (Å²) < 4.78 is 62.2. The largest absolute Gasteiger partial charge is 0.381 e. The van der Waals surface area contributed by atoms with Crippen molar-refractivity contribution in [2.24, 2.45) is 25.9 Å². The Kier molecular flexibility index (Phi) is 13.1. The third-order valence-electron chi connectivity index (χ3n) is 15.2. The molecule has 0 radical (unpaired) electrons. The average molecular weight is 1030 g/mol. The second kappa shape index (κ2) is 19.7. The highest BCUT2D eigenvalue weighted by molar-refractivity contribution is 7.92. The maximum absolute atomic E-state index is 12.8. The number of aromatic nitrogens is 8. The Bertz CT molecular complexity index is 3650. The lowest BCUT2D eigenvalue weighted by molar-refractivity contribution is 0.0552. The minimum atomic E-state index is -2.88. The fourth-order valence-corrected chi connectivity index (χ4v) is 13.0. The smallest absolute Gasteiger partial charge is 0.0960 e. The number of pyridine rings is 2. The Morgan fingerprint density at radius 1 is 0.527 bits per heavy atom. The van der Waals surface area contributed by atoms with Crippen LogP contribution in [0.2, 0.25) is 0 Å². The van der Waals surface area contributed by atoms with Crippen molar-refractivity contribution >= 4 is 63.3 Å². The van der Waals surface area contributed by atoms with Gasteiger partial charge in [0.1, 0.15) is 0 Å². The summed E-state index contributed by atoms with van der Waals surface area (Å²) in [6.45, 7) is 7.09. The average Bonchev–Trinajstić information content (AvgIpc) is 4.14. The van der Waals surface area contributed by atoms with Crippen molar-refractivity contribution in [3.63, 3.8) is 0 Å². The van der Waals surface area contributed by atoms with Crippen molar-refractivity contribution < 1.29 is 17.9 Å². The number of nitrogens with one attached hydrogen (secondary N) is 2. The van der Waals surface area contributed by atoms with Crippen LogP contribution in [-0.2, 0) is 43.0 Å². The van der Waals surface area contributed by atoms with Crippen LogP contribution in [0.4, 0.5) is 0 Å². The third-order valence-corrected chi connectivity index (χ3v) is 17.5. The Hall–Kier alpha value is -6.98. The fraction of sp³-hybridized carbons (Fsp3) is 0.310. The molecule has 2 saturated heterocycles. The first-order valence-electron chi connectivity index (χ1n) is 25.2. The van der Waals surface area contributed by atoms with Gasteiger partial charge in [0, 0.05) is 97.1 Å². The first kappa shape index (κ1) is 49.2. The van der Waals surface area contributed by atoms with Crippen LogP contribution in [0.1, 0.15) is 60.0 Å². The van der Waals surface area contributed by atoms with Crippen molar-refractivity contribution in [3.05, 3.63) is 156 Å². The lowest BCUT2D eigenvalue weighted by atomic mass is 9.86. The fourth-order valence-electron chi connectivity index (χ4n) is 11.7. The van der Waals surface area contributed by atoms with E-state index < -0.39 is 19.5 Å². The summed E-state index contributed by atoms with van der Waals surface area (Å²) in [6.07, 6.45) is 14.4. The third kappa shape index (κ3) is 9.11. The Morgan fingerprint density at radius 2 is 0.905 bits per heavy atom. The summed E-state index contributed by atoms with van der Waals surface area (Å²) in [5.74, 6) is 0.727. The zero-order valence-corrected chi connectivity index (χ0v) is 44.3. The molecule has 10 aromatic rings. The summed E-state index contributed by atoms with van der Waals surface area (Å²) in [6, 6.07) is 37.2. The lowest BCUT2D eigenvalue weighted by Gasteiger charge is -2.33. The zero-order valence-electron chi connectivity index (χ0n) is 42.7. The van der Waals surface area contributed by atoms with Crippen LogP contribution < -0.4 is 0 Å². The molecule has 0 amide bonds. The Labute approximate surface area is 432 Å². The van der Waals surface area contributed by atoms with E-state index in [4.69, 9.17) is 29.0 Å². The summed E-state index contributed by atoms with van der Waals surface area (Å²) >= 11 is 0. The van der Waals surface area contributed by atoms with E-state index in [9.17, 15) is 8.42 Å². The highest BCUT2D eigenvalue weighted by atomic mass is 32.2. The number of hydrogen-bond acceptors (Lipinski definition) is 10. The molecule has 16 heteroatoms. The van der Waals surface area contributed by atoms with Gasteiger partial charge < -0.3 is 18.6 Å². The monoisotopic (exact) mass is 1030 g/mol. The van der Waals surface area contributed by atoms with Crippen molar-refractivity contribution in [1.29, 1.82) is 9.56 Å². The van der Waals surface area contributed by atoms with Crippen LogP contribution in [-0.4, -0.2) is 86.0 Å². The number of aryl methyl sites for hydroxylation is 4. The van der Waals surface area contributed by atoms with Crippen molar-refractivity contribution in [1.82, 2.24) is 38.7 Å². The number of benzene rings is 4. The molecule has 14 nitrogen and oxygen atoms in total. The Balaban J connectivity index is 0.000000159. The lowest BCUT2D eigenvalue weighted by Crippen LogP contribution is -2.27. The standard InChI is InChI=1S/2C29H31N5O2S/c2*1-19-17-32-33(2)28(19)22-15-26-27(31-18-22)24-10-9-23(37(3,30)35)16-25(24)34(26)29(20-7-5-4-6-8-20)21-11-13-36-14-12-21/h2*4-10,15-18,21,29-30H,11-14H2,1-3H3/t2*29-,37?/m11/s1. The molecule has 4 atom stereocenters. The second-order valence-electron chi connectivity index (χ2n) is 20.2. The maximum Gasteiger partial charge on any atom is 0.0960 e. The molecule has 8 heterocycles. The van der Waals surface area contributed by atoms with E-state index in [2.05, 4.69) is 93.8 Å². The van der Waals surface area contributed by atoms with Crippen LogP contribution in [0.15, 0.2) is 144 Å². The van der Waals surface area contributed by atoms with Crippen LogP contribution in [0.25, 0.3) is 66.4 Å². The zero-order chi connectivity index (χ0) is 51.5. The van der Waals surface area contributed by atoms with E-state index in [1.54, 1.807) is 0 Å². The van der Waals surface area contributed by atoms with Crippen LogP contribution >= 0.6 is 0 Å². The predicted octanol–water partition coefficient (Wildman–Crippen LogP) is 11.9. The Morgan fingerprint density at radius 3 is 1.24 bits per heavy atom. The van der Waals surface area contributed by atoms with Gasteiger partial charge in [-0.1, -0.05) is 60.7 Å². The number of ether oxygens (including phenoxy) is 2. The predicted molar refractivity (Wildman–Crippen MR) is 295 cm³/mol. The molecule has 0 bridgehead atoms. The van der Waals surface area contributed by atoms with E-state index in [0.717, 1.165) is 130 Å². The molecule has 74 heavy (non-hydrogen) atoms. The molecule has 6 aromatic heterocycles. The van der Waals surface area contributed by atoms with Crippen molar-refractivity contribution in [2.45, 2.75) is 61.4 Å². The summed E-state index contributed by atoms with van der Waals surface area (Å²) in [7, 11) is -1.86. The van der Waals surface area contributed by atoms with Crippen molar-refractivity contribution in [2.75, 3.05) is 38.9 Å². The van der Waals surface area contributed by atoms with Gasteiger partial charge in [0.25, 0.3) is 0 Å². The van der Waals surface area contributed by atoms with E-state index in [-0.39, 0.29) is 12.1 Å². The normalized spacial score (nSPS) is 17.3. The van der Waals surface area contributed by atoms with Gasteiger partial charge in [-0.05, 0) is 122 Å². The quantitative estimate of drug-likeness (QED) is 0.136. The van der Waals surface area contributed by atoms with Crippen LogP contribution in [0.3, 0.4) is 0 Å². The molecule has 2 N–H and O–H groups in total. The van der Waals surface area contributed by atoms with Gasteiger partial charge in [-0.3, -0.25) is 19.3 Å².